The topological polar surface area (TPSA) is 75.7 Å². The monoisotopic (exact) mass is 394 g/mol. The number of nitrogens with zero attached hydrogens (tertiary/aromatic N) is 1. The Bertz CT molecular complexity index is 885. The molecule has 0 fully saturated rings. The van der Waals surface area contributed by atoms with Crippen LogP contribution >= 0.6 is 0 Å². The van der Waals surface area contributed by atoms with Crippen LogP contribution < -0.4 is 14.4 Å². The number of hydrogen-bond acceptors (Lipinski definition) is 4. The van der Waals surface area contributed by atoms with Crippen molar-refractivity contribution in [3.05, 3.63) is 59.9 Å². The van der Waals surface area contributed by atoms with Gasteiger partial charge in [-0.2, -0.15) is 0 Å². The van der Waals surface area contributed by atoms with Crippen molar-refractivity contribution in [2.45, 2.75) is 19.9 Å². The van der Waals surface area contributed by atoms with E-state index in [1.165, 1.54) is 25.1 Å². The molecule has 0 aliphatic heterocycles. The lowest BCUT2D eigenvalue weighted by molar-refractivity contribution is -0.121. The Morgan fingerprint density at radius 1 is 1.19 bits per heavy atom. The van der Waals surface area contributed by atoms with Crippen molar-refractivity contribution >= 4 is 21.6 Å². The lowest BCUT2D eigenvalue weighted by Crippen LogP contribution is -2.48. The van der Waals surface area contributed by atoms with Gasteiger partial charge in [0, 0.05) is 0 Å². The highest BCUT2D eigenvalue weighted by atomic mass is 32.2. The SMILES string of the molecule is Cc1ccc(OCCNC(=O)C(C)N(c2ccccc2F)S(C)(=O)=O)cc1. The average Bonchev–Trinajstić information content (AvgIpc) is 2.60. The molecule has 0 aliphatic rings. The van der Waals surface area contributed by atoms with Gasteiger partial charge in [-0.1, -0.05) is 29.8 Å². The van der Waals surface area contributed by atoms with E-state index in [0.29, 0.717) is 5.75 Å². The summed E-state index contributed by atoms with van der Waals surface area (Å²) in [6, 6.07) is 11.8. The van der Waals surface area contributed by atoms with E-state index in [2.05, 4.69) is 5.32 Å². The van der Waals surface area contributed by atoms with Gasteiger partial charge in [-0.05, 0) is 38.1 Å². The summed E-state index contributed by atoms with van der Waals surface area (Å²) in [5.41, 5.74) is 0.942. The summed E-state index contributed by atoms with van der Waals surface area (Å²) in [5.74, 6) is -0.589. The third-order valence-corrected chi connectivity index (χ3v) is 5.10. The molecule has 2 aromatic carbocycles. The Morgan fingerprint density at radius 2 is 1.81 bits per heavy atom. The Labute approximate surface area is 159 Å². The minimum Gasteiger partial charge on any atom is -0.492 e. The fraction of sp³-hybridized carbons (Fsp3) is 0.316. The van der Waals surface area contributed by atoms with Crippen molar-refractivity contribution in [3.8, 4) is 5.75 Å². The molecule has 1 atom stereocenters. The van der Waals surface area contributed by atoms with E-state index >= 15 is 0 Å². The number of benzene rings is 2. The molecule has 6 nitrogen and oxygen atoms in total. The molecule has 0 radical (unpaired) electrons. The number of rotatable bonds is 8. The maximum Gasteiger partial charge on any atom is 0.243 e. The highest BCUT2D eigenvalue weighted by Gasteiger charge is 2.30. The molecule has 27 heavy (non-hydrogen) atoms. The quantitative estimate of drug-likeness (QED) is 0.698. The maximum absolute atomic E-state index is 14.1. The van der Waals surface area contributed by atoms with E-state index in [4.69, 9.17) is 4.74 Å². The van der Waals surface area contributed by atoms with E-state index in [0.717, 1.165) is 22.2 Å². The molecule has 8 heteroatoms. The zero-order valence-electron chi connectivity index (χ0n) is 15.5. The Hall–Kier alpha value is -2.61. The number of carbonyl (C=O) groups is 1. The third-order valence-electron chi connectivity index (χ3n) is 3.87. The summed E-state index contributed by atoms with van der Waals surface area (Å²) in [6.45, 7) is 3.78. The fourth-order valence-electron chi connectivity index (χ4n) is 2.54. The number of hydrogen-bond donors (Lipinski definition) is 1. The normalized spacial score (nSPS) is 12.3. The number of anilines is 1. The van der Waals surface area contributed by atoms with Gasteiger partial charge < -0.3 is 10.1 Å². The van der Waals surface area contributed by atoms with Gasteiger partial charge in [0.1, 0.15) is 24.2 Å². The average molecular weight is 394 g/mol. The van der Waals surface area contributed by atoms with Gasteiger partial charge in [0.15, 0.2) is 0 Å². The van der Waals surface area contributed by atoms with Crippen LogP contribution in [-0.2, 0) is 14.8 Å². The summed E-state index contributed by atoms with van der Waals surface area (Å²) >= 11 is 0. The molecule has 0 bridgehead atoms. The summed E-state index contributed by atoms with van der Waals surface area (Å²) in [4.78, 5) is 12.4. The van der Waals surface area contributed by atoms with Crippen molar-refractivity contribution < 1.29 is 22.3 Å². The number of aryl methyl sites for hydroxylation is 1. The maximum atomic E-state index is 14.1. The molecule has 2 rings (SSSR count). The highest BCUT2D eigenvalue weighted by Crippen LogP contribution is 2.24. The standard InChI is InChI=1S/C19H23FN2O4S/c1-14-8-10-16(11-9-14)26-13-12-21-19(23)15(2)22(27(3,24)25)18-7-5-4-6-17(18)20/h4-11,15H,12-13H2,1-3H3,(H,21,23). The zero-order valence-corrected chi connectivity index (χ0v) is 16.3. The van der Waals surface area contributed by atoms with Gasteiger partial charge in [-0.15, -0.1) is 0 Å². The molecule has 0 saturated carbocycles. The van der Waals surface area contributed by atoms with Gasteiger partial charge >= 0.3 is 0 Å². The molecule has 0 spiro atoms. The first kappa shape index (κ1) is 20.7. The summed E-state index contributed by atoms with van der Waals surface area (Å²) in [7, 11) is -3.86. The molecule has 1 amide bonds. The Morgan fingerprint density at radius 3 is 2.41 bits per heavy atom. The van der Waals surface area contributed by atoms with Crippen LogP contribution in [0.2, 0.25) is 0 Å². The van der Waals surface area contributed by atoms with Crippen molar-refractivity contribution in [1.29, 1.82) is 0 Å². The molecule has 0 aliphatic carbocycles. The van der Waals surface area contributed by atoms with E-state index < -0.39 is 27.8 Å². The van der Waals surface area contributed by atoms with Crippen molar-refractivity contribution in [3.63, 3.8) is 0 Å². The third kappa shape index (κ3) is 5.68. The first-order valence-corrected chi connectivity index (χ1v) is 10.3. The van der Waals surface area contributed by atoms with Gasteiger partial charge in [0.25, 0.3) is 0 Å². The van der Waals surface area contributed by atoms with E-state index in [1.54, 1.807) is 0 Å². The van der Waals surface area contributed by atoms with Crippen molar-refractivity contribution in [2.24, 2.45) is 0 Å². The molecule has 0 aromatic heterocycles. The van der Waals surface area contributed by atoms with E-state index in [9.17, 15) is 17.6 Å². The van der Waals surface area contributed by atoms with Gasteiger partial charge in [0.2, 0.25) is 15.9 Å². The van der Waals surface area contributed by atoms with Gasteiger partial charge in [-0.25, -0.2) is 12.8 Å². The number of halogens is 1. The number of carbonyl (C=O) groups excluding carboxylic acids is 1. The molecular weight excluding hydrogens is 371 g/mol. The molecular formula is C19H23FN2O4S. The molecule has 1 unspecified atom stereocenters. The molecule has 0 heterocycles. The molecule has 146 valence electrons. The van der Waals surface area contributed by atoms with Crippen LogP contribution in [0.1, 0.15) is 12.5 Å². The van der Waals surface area contributed by atoms with Crippen LogP contribution in [0.4, 0.5) is 10.1 Å². The van der Waals surface area contributed by atoms with Gasteiger partial charge in [-0.3, -0.25) is 9.10 Å². The molecule has 0 saturated heterocycles. The van der Waals surface area contributed by atoms with Crippen LogP contribution in [0, 0.1) is 12.7 Å². The number of amides is 1. The minimum atomic E-state index is -3.86. The molecule has 2 aromatic rings. The zero-order chi connectivity index (χ0) is 20.0. The Kier molecular flexibility index (Phi) is 6.79. The van der Waals surface area contributed by atoms with Crippen LogP contribution in [0.3, 0.4) is 0 Å². The predicted molar refractivity (Wildman–Crippen MR) is 103 cm³/mol. The summed E-state index contributed by atoms with van der Waals surface area (Å²) in [5, 5.41) is 2.61. The second-order valence-corrected chi connectivity index (χ2v) is 8.00. The first-order chi connectivity index (χ1) is 12.7. The van der Waals surface area contributed by atoms with E-state index in [1.807, 2.05) is 31.2 Å². The highest BCUT2D eigenvalue weighted by molar-refractivity contribution is 7.92. The van der Waals surface area contributed by atoms with Crippen LogP contribution in [-0.4, -0.2) is 39.8 Å². The van der Waals surface area contributed by atoms with Crippen molar-refractivity contribution in [2.75, 3.05) is 23.7 Å². The van der Waals surface area contributed by atoms with Gasteiger partial charge in [0.05, 0.1) is 18.5 Å². The number of nitrogens with one attached hydrogen (secondary N) is 1. The van der Waals surface area contributed by atoms with E-state index in [-0.39, 0.29) is 18.8 Å². The fourth-order valence-corrected chi connectivity index (χ4v) is 3.71. The predicted octanol–water partition coefficient (Wildman–Crippen LogP) is 2.48. The second kappa shape index (κ2) is 8.85. The minimum absolute atomic E-state index is 0.168. The number of ether oxygens (including phenoxy) is 1. The summed E-state index contributed by atoms with van der Waals surface area (Å²) < 4.78 is 44.6. The second-order valence-electron chi connectivity index (χ2n) is 6.14. The number of sulfonamides is 1. The number of para-hydroxylation sites is 1. The largest absolute Gasteiger partial charge is 0.492 e. The van der Waals surface area contributed by atoms with Crippen molar-refractivity contribution in [1.82, 2.24) is 5.32 Å². The van der Waals surface area contributed by atoms with Crippen LogP contribution in [0.15, 0.2) is 48.5 Å². The Balaban J connectivity index is 1.99. The lowest BCUT2D eigenvalue weighted by Gasteiger charge is -2.28. The smallest absolute Gasteiger partial charge is 0.243 e. The first-order valence-electron chi connectivity index (χ1n) is 8.41. The lowest BCUT2D eigenvalue weighted by atomic mass is 10.2. The summed E-state index contributed by atoms with van der Waals surface area (Å²) in [6.07, 6.45) is 0.934. The molecule has 1 N–H and O–H groups in total. The van der Waals surface area contributed by atoms with Crippen LogP contribution in [0.25, 0.3) is 0 Å². The van der Waals surface area contributed by atoms with Crippen LogP contribution in [0.5, 0.6) is 5.75 Å².